The lowest BCUT2D eigenvalue weighted by Crippen LogP contribution is -2.47. The lowest BCUT2D eigenvalue weighted by Gasteiger charge is -2.27. The SMILES string of the molecule is CN(Cc1c(F)cccc1Cl)C(=O)[C@H]1CCCCN1. The van der Waals surface area contributed by atoms with Crippen molar-refractivity contribution in [1.29, 1.82) is 0 Å². The average Bonchev–Trinajstić information content (AvgIpc) is 2.43. The van der Waals surface area contributed by atoms with Gasteiger partial charge in [-0.05, 0) is 31.5 Å². The van der Waals surface area contributed by atoms with Crippen molar-refractivity contribution in [1.82, 2.24) is 10.2 Å². The Morgan fingerprint density at radius 2 is 2.32 bits per heavy atom. The average molecular weight is 285 g/mol. The monoisotopic (exact) mass is 284 g/mol. The normalized spacial score (nSPS) is 19.2. The van der Waals surface area contributed by atoms with Crippen LogP contribution in [0.3, 0.4) is 0 Å². The summed E-state index contributed by atoms with van der Waals surface area (Å²) in [4.78, 5) is 13.8. The van der Waals surface area contributed by atoms with Crippen LogP contribution >= 0.6 is 11.6 Å². The fraction of sp³-hybridized carbons (Fsp3) is 0.500. The zero-order valence-electron chi connectivity index (χ0n) is 11.0. The van der Waals surface area contributed by atoms with Crippen LogP contribution < -0.4 is 5.32 Å². The van der Waals surface area contributed by atoms with Gasteiger partial charge in [0.05, 0.1) is 6.04 Å². The molecule has 1 aromatic carbocycles. The number of benzene rings is 1. The summed E-state index contributed by atoms with van der Waals surface area (Å²) >= 11 is 5.97. The summed E-state index contributed by atoms with van der Waals surface area (Å²) in [6, 6.07) is 4.41. The lowest BCUT2D eigenvalue weighted by atomic mass is 10.0. The number of hydrogen-bond donors (Lipinski definition) is 1. The van der Waals surface area contributed by atoms with E-state index in [-0.39, 0.29) is 24.3 Å². The molecular weight excluding hydrogens is 267 g/mol. The van der Waals surface area contributed by atoms with Crippen LogP contribution in [0, 0.1) is 5.82 Å². The second kappa shape index (κ2) is 6.35. The Labute approximate surface area is 117 Å². The number of carbonyl (C=O) groups is 1. The molecule has 1 aromatic rings. The molecule has 104 valence electrons. The van der Waals surface area contributed by atoms with Gasteiger partial charge in [0.1, 0.15) is 5.82 Å². The van der Waals surface area contributed by atoms with Crippen molar-refractivity contribution in [2.75, 3.05) is 13.6 Å². The molecule has 0 radical (unpaired) electrons. The third-order valence-corrected chi connectivity index (χ3v) is 3.80. The van der Waals surface area contributed by atoms with Gasteiger partial charge in [-0.15, -0.1) is 0 Å². The summed E-state index contributed by atoms with van der Waals surface area (Å²) in [5.74, 6) is -0.372. The molecule has 2 rings (SSSR count). The molecular formula is C14H18ClFN2O. The van der Waals surface area contributed by atoms with Gasteiger partial charge < -0.3 is 10.2 Å². The van der Waals surface area contributed by atoms with Crippen molar-refractivity contribution in [3.8, 4) is 0 Å². The van der Waals surface area contributed by atoms with E-state index in [4.69, 9.17) is 11.6 Å². The van der Waals surface area contributed by atoms with Crippen LogP contribution in [-0.4, -0.2) is 30.4 Å². The smallest absolute Gasteiger partial charge is 0.239 e. The molecule has 1 atom stereocenters. The predicted molar refractivity (Wildman–Crippen MR) is 73.5 cm³/mol. The number of likely N-dealkylation sites (N-methyl/N-ethyl adjacent to an activating group) is 1. The Morgan fingerprint density at radius 3 is 2.95 bits per heavy atom. The Hall–Kier alpha value is -1.13. The fourth-order valence-corrected chi connectivity index (χ4v) is 2.55. The molecule has 5 heteroatoms. The zero-order valence-corrected chi connectivity index (χ0v) is 11.7. The first-order chi connectivity index (χ1) is 9.09. The molecule has 1 aliphatic heterocycles. The molecule has 1 N–H and O–H groups in total. The number of nitrogens with zero attached hydrogens (tertiary/aromatic N) is 1. The molecule has 0 aliphatic carbocycles. The maximum atomic E-state index is 13.7. The highest BCUT2D eigenvalue weighted by Crippen LogP contribution is 2.21. The standard InChI is InChI=1S/C14H18ClFN2O/c1-18(14(19)13-7-2-3-8-17-13)9-10-11(15)5-4-6-12(10)16/h4-6,13,17H,2-3,7-9H2,1H3/t13-/m1/s1. The number of carbonyl (C=O) groups excluding carboxylic acids is 1. The van der Waals surface area contributed by atoms with Crippen LogP contribution in [0.2, 0.25) is 5.02 Å². The van der Waals surface area contributed by atoms with E-state index >= 15 is 0 Å². The van der Waals surface area contributed by atoms with Gasteiger partial charge in [0.25, 0.3) is 0 Å². The number of amides is 1. The Morgan fingerprint density at radius 1 is 1.53 bits per heavy atom. The van der Waals surface area contributed by atoms with E-state index in [0.717, 1.165) is 25.8 Å². The molecule has 1 saturated heterocycles. The largest absolute Gasteiger partial charge is 0.340 e. The molecule has 0 bridgehead atoms. The summed E-state index contributed by atoms with van der Waals surface area (Å²) in [5, 5.41) is 3.55. The van der Waals surface area contributed by atoms with Crippen LogP contribution in [0.1, 0.15) is 24.8 Å². The number of hydrogen-bond acceptors (Lipinski definition) is 2. The number of piperidine rings is 1. The van der Waals surface area contributed by atoms with E-state index in [9.17, 15) is 9.18 Å². The van der Waals surface area contributed by atoms with Crippen LogP contribution in [0.15, 0.2) is 18.2 Å². The first-order valence-corrected chi connectivity index (χ1v) is 6.88. The first-order valence-electron chi connectivity index (χ1n) is 6.51. The summed E-state index contributed by atoms with van der Waals surface area (Å²) < 4.78 is 13.7. The van der Waals surface area contributed by atoms with Crippen molar-refractivity contribution in [3.63, 3.8) is 0 Å². The second-order valence-electron chi connectivity index (χ2n) is 4.90. The quantitative estimate of drug-likeness (QED) is 0.925. The minimum atomic E-state index is -0.372. The molecule has 19 heavy (non-hydrogen) atoms. The highest BCUT2D eigenvalue weighted by Gasteiger charge is 2.24. The van der Waals surface area contributed by atoms with Gasteiger partial charge in [-0.25, -0.2) is 4.39 Å². The topological polar surface area (TPSA) is 32.3 Å². The molecule has 0 spiro atoms. The Bertz CT molecular complexity index is 441. The maximum absolute atomic E-state index is 13.7. The third kappa shape index (κ3) is 3.45. The van der Waals surface area contributed by atoms with E-state index in [0.29, 0.717) is 10.6 Å². The zero-order chi connectivity index (χ0) is 13.8. The van der Waals surface area contributed by atoms with Gasteiger partial charge in [0, 0.05) is 24.2 Å². The van der Waals surface area contributed by atoms with E-state index in [1.54, 1.807) is 19.2 Å². The molecule has 1 heterocycles. The molecule has 1 fully saturated rings. The highest BCUT2D eigenvalue weighted by molar-refractivity contribution is 6.31. The van der Waals surface area contributed by atoms with Gasteiger partial charge in [0.2, 0.25) is 5.91 Å². The summed E-state index contributed by atoms with van der Waals surface area (Å²) in [6.45, 7) is 1.06. The van der Waals surface area contributed by atoms with E-state index in [1.807, 2.05) is 0 Å². The first kappa shape index (κ1) is 14.3. The van der Waals surface area contributed by atoms with Crippen molar-refractivity contribution in [2.24, 2.45) is 0 Å². The fourth-order valence-electron chi connectivity index (χ4n) is 2.33. The number of rotatable bonds is 3. The van der Waals surface area contributed by atoms with E-state index in [2.05, 4.69) is 5.32 Å². The molecule has 0 aromatic heterocycles. The van der Waals surface area contributed by atoms with Crippen molar-refractivity contribution in [3.05, 3.63) is 34.6 Å². The van der Waals surface area contributed by atoms with Crippen molar-refractivity contribution in [2.45, 2.75) is 31.8 Å². The summed E-state index contributed by atoms with van der Waals surface area (Å²) in [6.07, 6.45) is 3.00. The van der Waals surface area contributed by atoms with E-state index < -0.39 is 0 Å². The van der Waals surface area contributed by atoms with Crippen LogP contribution in [0.5, 0.6) is 0 Å². The Balaban J connectivity index is 2.03. The molecule has 1 amide bonds. The van der Waals surface area contributed by atoms with Gasteiger partial charge in [-0.3, -0.25) is 4.79 Å². The third-order valence-electron chi connectivity index (χ3n) is 3.44. The molecule has 1 aliphatic rings. The lowest BCUT2D eigenvalue weighted by molar-refractivity contribution is -0.133. The molecule has 3 nitrogen and oxygen atoms in total. The Kier molecular flexibility index (Phi) is 4.77. The summed E-state index contributed by atoms with van der Waals surface area (Å²) in [7, 11) is 1.68. The second-order valence-corrected chi connectivity index (χ2v) is 5.30. The van der Waals surface area contributed by atoms with Crippen LogP contribution in [0.4, 0.5) is 4.39 Å². The summed E-state index contributed by atoms with van der Waals surface area (Å²) in [5.41, 5.74) is 0.371. The number of nitrogens with one attached hydrogen (secondary N) is 1. The minimum absolute atomic E-state index is 0.000908. The van der Waals surface area contributed by atoms with Gasteiger partial charge in [-0.1, -0.05) is 24.1 Å². The highest BCUT2D eigenvalue weighted by atomic mass is 35.5. The number of halogens is 2. The predicted octanol–water partition coefficient (Wildman–Crippen LogP) is 2.58. The van der Waals surface area contributed by atoms with Gasteiger partial charge in [0.15, 0.2) is 0 Å². The maximum Gasteiger partial charge on any atom is 0.239 e. The van der Waals surface area contributed by atoms with Crippen LogP contribution in [0.25, 0.3) is 0 Å². The molecule has 0 saturated carbocycles. The van der Waals surface area contributed by atoms with Gasteiger partial charge >= 0.3 is 0 Å². The van der Waals surface area contributed by atoms with E-state index in [1.165, 1.54) is 11.0 Å². The van der Waals surface area contributed by atoms with Crippen LogP contribution in [-0.2, 0) is 11.3 Å². The van der Waals surface area contributed by atoms with Crippen molar-refractivity contribution >= 4 is 17.5 Å². The minimum Gasteiger partial charge on any atom is -0.340 e. The van der Waals surface area contributed by atoms with Crippen molar-refractivity contribution < 1.29 is 9.18 Å². The molecule has 0 unspecified atom stereocenters. The van der Waals surface area contributed by atoms with Gasteiger partial charge in [-0.2, -0.15) is 0 Å².